The van der Waals surface area contributed by atoms with Crippen LogP contribution in [0, 0.1) is 12.3 Å². The van der Waals surface area contributed by atoms with E-state index in [9.17, 15) is 4.79 Å². The number of rotatable bonds is 5. The standard InChI is InChI=1S/C18H26O2/c1-3-20-17(19)14-18(11-5-4-6-12-18)13-16-9-7-15(2)8-10-16/h7-10H,3-6,11-14H2,1-2H3. The number of esters is 1. The maximum Gasteiger partial charge on any atom is 0.306 e. The smallest absolute Gasteiger partial charge is 0.306 e. The SMILES string of the molecule is CCOC(=O)CC1(Cc2ccc(C)cc2)CCCCC1. The van der Waals surface area contributed by atoms with Crippen molar-refractivity contribution in [1.82, 2.24) is 0 Å². The highest BCUT2D eigenvalue weighted by Gasteiger charge is 2.34. The van der Waals surface area contributed by atoms with Gasteiger partial charge in [-0.05, 0) is 44.1 Å². The third-order valence-corrected chi connectivity index (χ3v) is 4.44. The first kappa shape index (κ1) is 15.1. The molecular weight excluding hydrogens is 248 g/mol. The number of benzene rings is 1. The average Bonchev–Trinajstić information content (AvgIpc) is 2.42. The number of carbonyl (C=O) groups is 1. The van der Waals surface area contributed by atoms with Crippen LogP contribution in [-0.2, 0) is 16.0 Å². The van der Waals surface area contributed by atoms with Crippen LogP contribution in [0.2, 0.25) is 0 Å². The van der Waals surface area contributed by atoms with Crippen LogP contribution in [0.4, 0.5) is 0 Å². The minimum Gasteiger partial charge on any atom is -0.466 e. The molecule has 1 aliphatic carbocycles. The third kappa shape index (κ3) is 4.09. The quantitative estimate of drug-likeness (QED) is 0.742. The van der Waals surface area contributed by atoms with Crippen LogP contribution in [0.15, 0.2) is 24.3 Å². The molecule has 0 saturated heterocycles. The average molecular weight is 274 g/mol. The number of hydrogen-bond acceptors (Lipinski definition) is 2. The van der Waals surface area contributed by atoms with Gasteiger partial charge in [0.2, 0.25) is 0 Å². The summed E-state index contributed by atoms with van der Waals surface area (Å²) in [5.74, 6) is -0.0264. The molecule has 20 heavy (non-hydrogen) atoms. The molecule has 0 aromatic heterocycles. The Morgan fingerprint density at radius 3 is 2.40 bits per heavy atom. The topological polar surface area (TPSA) is 26.3 Å². The van der Waals surface area contributed by atoms with Crippen LogP contribution in [0.3, 0.4) is 0 Å². The Hall–Kier alpha value is -1.31. The third-order valence-electron chi connectivity index (χ3n) is 4.44. The first-order chi connectivity index (χ1) is 9.63. The first-order valence-electron chi connectivity index (χ1n) is 7.85. The zero-order valence-corrected chi connectivity index (χ0v) is 12.8. The van der Waals surface area contributed by atoms with Crippen LogP contribution in [0.5, 0.6) is 0 Å². The van der Waals surface area contributed by atoms with Crippen molar-refractivity contribution in [3.8, 4) is 0 Å². The molecule has 110 valence electrons. The minimum atomic E-state index is -0.0264. The molecule has 2 nitrogen and oxygen atoms in total. The second-order valence-corrected chi connectivity index (χ2v) is 6.20. The van der Waals surface area contributed by atoms with Crippen LogP contribution in [-0.4, -0.2) is 12.6 Å². The summed E-state index contributed by atoms with van der Waals surface area (Å²) in [4.78, 5) is 11.9. The van der Waals surface area contributed by atoms with Gasteiger partial charge in [0.1, 0.15) is 0 Å². The Bertz CT molecular complexity index is 427. The zero-order valence-electron chi connectivity index (χ0n) is 12.8. The highest BCUT2D eigenvalue weighted by Crippen LogP contribution is 2.42. The van der Waals surface area contributed by atoms with Gasteiger partial charge in [-0.1, -0.05) is 49.1 Å². The fourth-order valence-corrected chi connectivity index (χ4v) is 3.37. The van der Waals surface area contributed by atoms with Gasteiger partial charge in [0.05, 0.1) is 13.0 Å². The largest absolute Gasteiger partial charge is 0.466 e. The van der Waals surface area contributed by atoms with E-state index in [1.165, 1.54) is 30.4 Å². The van der Waals surface area contributed by atoms with E-state index in [2.05, 4.69) is 31.2 Å². The molecule has 0 unspecified atom stereocenters. The van der Waals surface area contributed by atoms with Gasteiger partial charge in [0, 0.05) is 0 Å². The van der Waals surface area contributed by atoms with Crippen molar-refractivity contribution in [1.29, 1.82) is 0 Å². The molecule has 2 rings (SSSR count). The Labute approximate surface area is 122 Å². The molecule has 2 heteroatoms. The van der Waals surface area contributed by atoms with E-state index < -0.39 is 0 Å². The second kappa shape index (κ2) is 6.92. The molecule has 1 aliphatic rings. The lowest BCUT2D eigenvalue weighted by atomic mass is 9.68. The van der Waals surface area contributed by atoms with Crippen LogP contribution >= 0.6 is 0 Å². The van der Waals surface area contributed by atoms with Gasteiger partial charge < -0.3 is 4.74 Å². The summed E-state index contributed by atoms with van der Waals surface area (Å²) in [6.07, 6.45) is 7.68. The minimum absolute atomic E-state index is 0.0264. The van der Waals surface area contributed by atoms with Crippen molar-refractivity contribution in [3.63, 3.8) is 0 Å². The molecule has 0 atom stereocenters. The Morgan fingerprint density at radius 2 is 1.80 bits per heavy atom. The molecule has 0 radical (unpaired) electrons. The molecule has 0 heterocycles. The fraction of sp³-hybridized carbons (Fsp3) is 0.611. The normalized spacial score (nSPS) is 17.7. The van der Waals surface area contributed by atoms with E-state index in [1.54, 1.807) is 0 Å². The number of hydrogen-bond donors (Lipinski definition) is 0. The lowest BCUT2D eigenvalue weighted by Gasteiger charge is -2.36. The van der Waals surface area contributed by atoms with Gasteiger partial charge >= 0.3 is 5.97 Å². The van der Waals surface area contributed by atoms with E-state index in [1.807, 2.05) is 6.92 Å². The summed E-state index contributed by atoms with van der Waals surface area (Å²) in [5.41, 5.74) is 2.76. The van der Waals surface area contributed by atoms with E-state index in [4.69, 9.17) is 4.74 Å². The summed E-state index contributed by atoms with van der Waals surface area (Å²) in [6.45, 7) is 4.48. The zero-order chi connectivity index (χ0) is 14.4. The molecule has 0 N–H and O–H groups in total. The Morgan fingerprint density at radius 1 is 1.15 bits per heavy atom. The number of carbonyl (C=O) groups excluding carboxylic acids is 1. The molecule has 0 bridgehead atoms. The maximum atomic E-state index is 11.9. The predicted molar refractivity (Wildman–Crippen MR) is 81.7 cm³/mol. The van der Waals surface area contributed by atoms with Crippen LogP contribution in [0.25, 0.3) is 0 Å². The molecule has 1 aromatic rings. The Kier molecular flexibility index (Phi) is 5.22. The van der Waals surface area contributed by atoms with E-state index in [0.29, 0.717) is 13.0 Å². The van der Waals surface area contributed by atoms with Crippen molar-refractivity contribution < 1.29 is 9.53 Å². The highest BCUT2D eigenvalue weighted by molar-refractivity contribution is 5.70. The van der Waals surface area contributed by atoms with Crippen LogP contribution < -0.4 is 0 Å². The summed E-state index contributed by atoms with van der Waals surface area (Å²) in [5, 5.41) is 0. The predicted octanol–water partition coefficient (Wildman–Crippen LogP) is 4.44. The van der Waals surface area contributed by atoms with Gasteiger partial charge in [-0.25, -0.2) is 0 Å². The van der Waals surface area contributed by atoms with Crippen molar-refractivity contribution in [2.75, 3.05) is 6.61 Å². The van der Waals surface area contributed by atoms with Crippen molar-refractivity contribution in [3.05, 3.63) is 35.4 Å². The lowest BCUT2D eigenvalue weighted by molar-refractivity contribution is -0.146. The van der Waals surface area contributed by atoms with Gasteiger partial charge in [-0.3, -0.25) is 4.79 Å². The summed E-state index contributed by atoms with van der Waals surface area (Å²) < 4.78 is 5.19. The summed E-state index contributed by atoms with van der Waals surface area (Å²) in [7, 11) is 0. The second-order valence-electron chi connectivity index (χ2n) is 6.20. The maximum absolute atomic E-state index is 11.9. The van der Waals surface area contributed by atoms with Gasteiger partial charge in [0.15, 0.2) is 0 Å². The summed E-state index contributed by atoms with van der Waals surface area (Å²) >= 11 is 0. The number of ether oxygens (including phenoxy) is 1. The molecule has 0 amide bonds. The van der Waals surface area contributed by atoms with Crippen LogP contribution in [0.1, 0.15) is 56.6 Å². The van der Waals surface area contributed by atoms with Gasteiger partial charge in [-0.2, -0.15) is 0 Å². The molecule has 1 saturated carbocycles. The lowest BCUT2D eigenvalue weighted by Crippen LogP contribution is -2.30. The van der Waals surface area contributed by atoms with Crippen molar-refractivity contribution in [2.45, 2.75) is 58.8 Å². The van der Waals surface area contributed by atoms with E-state index >= 15 is 0 Å². The molecule has 0 spiro atoms. The van der Waals surface area contributed by atoms with E-state index in [-0.39, 0.29) is 11.4 Å². The molecule has 0 aliphatic heterocycles. The van der Waals surface area contributed by atoms with E-state index in [0.717, 1.165) is 19.3 Å². The Balaban J connectivity index is 2.09. The van der Waals surface area contributed by atoms with Crippen molar-refractivity contribution >= 4 is 5.97 Å². The van der Waals surface area contributed by atoms with Crippen molar-refractivity contribution in [2.24, 2.45) is 5.41 Å². The summed E-state index contributed by atoms with van der Waals surface area (Å²) in [6, 6.07) is 8.74. The molecular formula is C18H26O2. The highest BCUT2D eigenvalue weighted by atomic mass is 16.5. The number of aryl methyl sites for hydroxylation is 1. The molecule has 1 aromatic carbocycles. The first-order valence-corrected chi connectivity index (χ1v) is 7.85. The van der Waals surface area contributed by atoms with Gasteiger partial charge in [0.25, 0.3) is 0 Å². The molecule has 1 fully saturated rings. The fourth-order valence-electron chi connectivity index (χ4n) is 3.37. The van der Waals surface area contributed by atoms with Gasteiger partial charge in [-0.15, -0.1) is 0 Å². The monoisotopic (exact) mass is 274 g/mol.